The standard InChI is InChI=1S/C22H23NO5/c1-14-13-23(21(25)28-22(2,3)4)19-10-9-17(12-18(14)19)27-16-8-6-7-15(11-16)20(24)26-5/h6-13H,1-5H3. The maximum absolute atomic E-state index is 12.5. The van der Waals surface area contributed by atoms with Crippen molar-refractivity contribution in [3.05, 3.63) is 59.8 Å². The fraction of sp³-hybridized carbons (Fsp3) is 0.273. The zero-order valence-corrected chi connectivity index (χ0v) is 16.6. The molecule has 3 rings (SSSR count). The first kappa shape index (κ1) is 19.5. The number of benzene rings is 2. The number of aromatic nitrogens is 1. The normalized spacial score (nSPS) is 11.3. The van der Waals surface area contributed by atoms with Crippen molar-refractivity contribution in [2.24, 2.45) is 0 Å². The Bertz CT molecular complexity index is 1040. The van der Waals surface area contributed by atoms with E-state index in [-0.39, 0.29) is 0 Å². The Morgan fingerprint density at radius 2 is 1.71 bits per heavy atom. The second-order valence-electron chi connectivity index (χ2n) is 7.46. The number of esters is 1. The van der Waals surface area contributed by atoms with Crippen molar-refractivity contribution in [1.82, 2.24) is 4.57 Å². The monoisotopic (exact) mass is 381 g/mol. The lowest BCUT2D eigenvalue weighted by atomic mass is 10.2. The molecule has 28 heavy (non-hydrogen) atoms. The van der Waals surface area contributed by atoms with Gasteiger partial charge in [0.25, 0.3) is 0 Å². The molecule has 0 aliphatic heterocycles. The lowest BCUT2D eigenvalue weighted by Crippen LogP contribution is -2.26. The molecule has 0 spiro atoms. The van der Waals surface area contributed by atoms with Crippen molar-refractivity contribution in [3.8, 4) is 11.5 Å². The Hall–Kier alpha value is -3.28. The number of carbonyl (C=O) groups excluding carboxylic acids is 2. The summed E-state index contributed by atoms with van der Waals surface area (Å²) in [5.41, 5.74) is 1.50. The molecule has 0 atom stereocenters. The molecule has 0 aliphatic rings. The molecule has 0 bridgehead atoms. The van der Waals surface area contributed by atoms with E-state index < -0.39 is 17.7 Å². The fourth-order valence-electron chi connectivity index (χ4n) is 2.84. The third-order valence-electron chi connectivity index (χ3n) is 4.06. The summed E-state index contributed by atoms with van der Waals surface area (Å²) in [6.07, 6.45) is 1.32. The summed E-state index contributed by atoms with van der Waals surface area (Å²) in [7, 11) is 1.34. The minimum absolute atomic E-state index is 0.410. The maximum atomic E-state index is 12.5. The Balaban J connectivity index is 1.90. The highest BCUT2D eigenvalue weighted by molar-refractivity contribution is 5.93. The first-order chi connectivity index (χ1) is 13.2. The van der Waals surface area contributed by atoms with Crippen LogP contribution in [0.2, 0.25) is 0 Å². The summed E-state index contributed by atoms with van der Waals surface area (Å²) in [5, 5.41) is 0.882. The zero-order chi connectivity index (χ0) is 20.5. The van der Waals surface area contributed by atoms with E-state index in [1.165, 1.54) is 11.7 Å². The van der Waals surface area contributed by atoms with Crippen LogP contribution in [-0.4, -0.2) is 29.3 Å². The molecule has 0 amide bonds. The van der Waals surface area contributed by atoms with Crippen LogP contribution in [0.3, 0.4) is 0 Å². The third kappa shape index (κ3) is 4.17. The highest BCUT2D eigenvalue weighted by Gasteiger charge is 2.20. The van der Waals surface area contributed by atoms with Gasteiger partial charge in [-0.3, -0.25) is 4.57 Å². The van der Waals surface area contributed by atoms with Crippen LogP contribution in [0.1, 0.15) is 36.7 Å². The summed E-state index contributed by atoms with van der Waals surface area (Å²) in [6.45, 7) is 7.42. The quantitative estimate of drug-likeness (QED) is 0.575. The van der Waals surface area contributed by atoms with Gasteiger partial charge in [-0.1, -0.05) is 6.07 Å². The first-order valence-electron chi connectivity index (χ1n) is 8.89. The Labute approximate surface area is 163 Å². The summed E-state index contributed by atoms with van der Waals surface area (Å²) in [4.78, 5) is 24.1. The molecule has 1 aromatic heterocycles. The number of methoxy groups -OCH3 is 1. The molecule has 1 heterocycles. The number of hydrogen-bond donors (Lipinski definition) is 0. The van der Waals surface area contributed by atoms with Gasteiger partial charge in [0.2, 0.25) is 0 Å². The fourth-order valence-corrected chi connectivity index (χ4v) is 2.84. The van der Waals surface area contributed by atoms with Crippen LogP contribution in [-0.2, 0) is 9.47 Å². The molecule has 6 heteroatoms. The van der Waals surface area contributed by atoms with Gasteiger partial charge in [-0.05, 0) is 69.7 Å². The number of aryl methyl sites for hydroxylation is 1. The molecule has 0 fully saturated rings. The van der Waals surface area contributed by atoms with Crippen molar-refractivity contribution in [2.75, 3.05) is 7.11 Å². The van der Waals surface area contributed by atoms with Crippen LogP contribution >= 0.6 is 0 Å². The Morgan fingerprint density at radius 1 is 1.00 bits per heavy atom. The molecule has 0 radical (unpaired) electrons. The van der Waals surface area contributed by atoms with Gasteiger partial charge in [0.05, 0.1) is 18.2 Å². The highest BCUT2D eigenvalue weighted by atomic mass is 16.6. The molecule has 0 saturated heterocycles. The molecule has 0 unspecified atom stereocenters. The number of carbonyl (C=O) groups is 2. The second-order valence-corrected chi connectivity index (χ2v) is 7.46. The van der Waals surface area contributed by atoms with E-state index in [0.717, 1.165) is 16.5 Å². The summed E-state index contributed by atoms with van der Waals surface area (Å²) in [6, 6.07) is 12.2. The first-order valence-corrected chi connectivity index (χ1v) is 8.89. The third-order valence-corrected chi connectivity index (χ3v) is 4.06. The van der Waals surface area contributed by atoms with Crippen molar-refractivity contribution in [1.29, 1.82) is 0 Å². The SMILES string of the molecule is COC(=O)c1cccc(Oc2ccc3c(c2)c(C)cn3C(=O)OC(C)(C)C)c1. The molecule has 146 valence electrons. The Morgan fingerprint density at radius 3 is 2.39 bits per heavy atom. The summed E-state index contributed by atoms with van der Waals surface area (Å²) >= 11 is 0. The second kappa shape index (κ2) is 7.38. The molecule has 3 aromatic rings. The molecule has 2 aromatic carbocycles. The molecule has 6 nitrogen and oxygen atoms in total. The van der Waals surface area contributed by atoms with Crippen LogP contribution in [0.15, 0.2) is 48.7 Å². The number of fused-ring (bicyclic) bond motifs is 1. The van der Waals surface area contributed by atoms with Crippen LogP contribution in [0, 0.1) is 6.92 Å². The van der Waals surface area contributed by atoms with Gasteiger partial charge in [-0.2, -0.15) is 0 Å². The maximum Gasteiger partial charge on any atom is 0.418 e. The van der Waals surface area contributed by atoms with Crippen LogP contribution in [0.4, 0.5) is 4.79 Å². The minimum atomic E-state index is -0.574. The predicted octanol–water partition coefficient (Wildman–Crippen LogP) is 5.31. The van der Waals surface area contributed by atoms with Crippen LogP contribution < -0.4 is 4.74 Å². The van der Waals surface area contributed by atoms with E-state index in [2.05, 4.69) is 0 Å². The van der Waals surface area contributed by atoms with Crippen LogP contribution in [0.25, 0.3) is 10.9 Å². The zero-order valence-electron chi connectivity index (χ0n) is 16.6. The number of rotatable bonds is 3. The summed E-state index contributed by atoms with van der Waals surface area (Å²) < 4.78 is 17.6. The Kier molecular flexibility index (Phi) is 5.14. The molecule has 0 N–H and O–H groups in total. The lowest BCUT2D eigenvalue weighted by Gasteiger charge is -2.19. The molecule has 0 saturated carbocycles. The molecular formula is C22H23NO5. The minimum Gasteiger partial charge on any atom is -0.465 e. The lowest BCUT2D eigenvalue weighted by molar-refractivity contribution is 0.0542. The van der Waals surface area contributed by atoms with Crippen LogP contribution in [0.5, 0.6) is 11.5 Å². The van der Waals surface area contributed by atoms with E-state index in [4.69, 9.17) is 14.2 Å². The van der Waals surface area contributed by atoms with E-state index >= 15 is 0 Å². The average molecular weight is 381 g/mol. The average Bonchev–Trinajstić information content (AvgIpc) is 2.96. The molecular weight excluding hydrogens is 358 g/mol. The van der Waals surface area contributed by atoms with Gasteiger partial charge in [0, 0.05) is 11.6 Å². The van der Waals surface area contributed by atoms with Gasteiger partial charge in [-0.25, -0.2) is 9.59 Å². The van der Waals surface area contributed by atoms with E-state index in [9.17, 15) is 9.59 Å². The van der Waals surface area contributed by atoms with E-state index in [0.29, 0.717) is 17.1 Å². The van der Waals surface area contributed by atoms with Gasteiger partial charge in [-0.15, -0.1) is 0 Å². The molecule has 0 aliphatic carbocycles. The van der Waals surface area contributed by atoms with Gasteiger partial charge < -0.3 is 14.2 Å². The van der Waals surface area contributed by atoms with Gasteiger partial charge in [0.15, 0.2) is 0 Å². The number of nitrogens with zero attached hydrogens (tertiary/aromatic N) is 1. The number of hydrogen-bond acceptors (Lipinski definition) is 5. The van der Waals surface area contributed by atoms with E-state index in [1.807, 2.05) is 39.8 Å². The van der Waals surface area contributed by atoms with Crippen molar-refractivity contribution >= 4 is 23.0 Å². The smallest absolute Gasteiger partial charge is 0.418 e. The predicted molar refractivity (Wildman–Crippen MR) is 106 cm³/mol. The van der Waals surface area contributed by atoms with Crippen molar-refractivity contribution in [2.45, 2.75) is 33.3 Å². The van der Waals surface area contributed by atoms with Gasteiger partial charge >= 0.3 is 12.1 Å². The van der Waals surface area contributed by atoms with Crippen molar-refractivity contribution in [3.63, 3.8) is 0 Å². The topological polar surface area (TPSA) is 66.8 Å². The van der Waals surface area contributed by atoms with Gasteiger partial charge in [0.1, 0.15) is 17.1 Å². The highest BCUT2D eigenvalue weighted by Crippen LogP contribution is 2.29. The van der Waals surface area contributed by atoms with Crippen molar-refractivity contribution < 1.29 is 23.8 Å². The largest absolute Gasteiger partial charge is 0.465 e. The number of ether oxygens (including phenoxy) is 3. The van der Waals surface area contributed by atoms with E-state index in [1.54, 1.807) is 36.5 Å². The summed E-state index contributed by atoms with van der Waals surface area (Å²) in [5.74, 6) is 0.692.